The number of thiol groups is 1. The molecule has 2 atom stereocenters. The number of aliphatic hydroxyl groups excluding tert-OH is 1. The number of aliphatic hydroxyl groups is 1. The van der Waals surface area contributed by atoms with Crippen LogP contribution in [-0.2, 0) is 4.79 Å². The maximum Gasteiger partial charge on any atom is 0.223 e. The molecule has 1 amide bonds. The van der Waals surface area contributed by atoms with Gasteiger partial charge in [0.05, 0.1) is 6.04 Å². The molecule has 1 aromatic rings. The Labute approximate surface area is 117 Å². The van der Waals surface area contributed by atoms with Crippen molar-refractivity contribution >= 4 is 18.5 Å². The van der Waals surface area contributed by atoms with Gasteiger partial charge in [-0.15, -0.1) is 0 Å². The first-order chi connectivity index (χ1) is 9.17. The van der Waals surface area contributed by atoms with Gasteiger partial charge >= 0.3 is 0 Å². The Bertz CT molecular complexity index is 455. The number of benzene rings is 1. The lowest BCUT2D eigenvalue weighted by molar-refractivity contribution is -0.130. The van der Waals surface area contributed by atoms with E-state index in [9.17, 15) is 14.3 Å². The van der Waals surface area contributed by atoms with Crippen LogP contribution in [0.1, 0.15) is 24.4 Å². The number of nitrogens with zero attached hydrogens (tertiary/aromatic N) is 1. The Morgan fingerprint density at radius 1 is 1.47 bits per heavy atom. The third-order valence-electron chi connectivity index (χ3n) is 3.54. The zero-order valence-electron chi connectivity index (χ0n) is 10.6. The largest absolute Gasteiger partial charge is 0.396 e. The quantitative estimate of drug-likeness (QED) is 0.812. The first-order valence-electron chi connectivity index (χ1n) is 6.43. The van der Waals surface area contributed by atoms with Crippen molar-refractivity contribution in [2.45, 2.75) is 18.9 Å². The van der Waals surface area contributed by atoms with E-state index >= 15 is 0 Å². The molecule has 1 aromatic carbocycles. The molecule has 1 aliphatic heterocycles. The highest BCUT2D eigenvalue weighted by atomic mass is 32.1. The Morgan fingerprint density at radius 3 is 2.79 bits per heavy atom. The Balaban J connectivity index is 2.26. The second-order valence-corrected chi connectivity index (χ2v) is 5.21. The van der Waals surface area contributed by atoms with Crippen LogP contribution in [0.2, 0.25) is 0 Å². The fourth-order valence-corrected chi connectivity index (χ4v) is 2.82. The molecule has 0 bridgehead atoms. The van der Waals surface area contributed by atoms with Gasteiger partial charge < -0.3 is 10.0 Å². The summed E-state index contributed by atoms with van der Waals surface area (Å²) in [5.41, 5.74) is 0.477. The zero-order valence-corrected chi connectivity index (χ0v) is 11.5. The molecule has 1 aliphatic rings. The third-order valence-corrected chi connectivity index (χ3v) is 4.06. The smallest absolute Gasteiger partial charge is 0.223 e. The molecule has 1 heterocycles. The van der Waals surface area contributed by atoms with Gasteiger partial charge in [-0.3, -0.25) is 4.79 Å². The summed E-state index contributed by atoms with van der Waals surface area (Å²) in [7, 11) is 0. The summed E-state index contributed by atoms with van der Waals surface area (Å²) >= 11 is 4.22. The molecular formula is C14H18FNO2S. The van der Waals surface area contributed by atoms with Crippen molar-refractivity contribution < 1.29 is 14.3 Å². The van der Waals surface area contributed by atoms with Crippen molar-refractivity contribution in [2.24, 2.45) is 5.92 Å². The van der Waals surface area contributed by atoms with Crippen molar-refractivity contribution in [1.29, 1.82) is 0 Å². The minimum Gasteiger partial charge on any atom is -0.396 e. The van der Waals surface area contributed by atoms with Gasteiger partial charge in [0.2, 0.25) is 5.91 Å². The van der Waals surface area contributed by atoms with Crippen LogP contribution in [0, 0.1) is 11.7 Å². The monoisotopic (exact) mass is 283 g/mol. The molecule has 5 heteroatoms. The summed E-state index contributed by atoms with van der Waals surface area (Å²) in [5, 5.41) is 9.18. The van der Waals surface area contributed by atoms with Crippen LogP contribution in [0.4, 0.5) is 4.39 Å². The van der Waals surface area contributed by atoms with Gasteiger partial charge in [-0.2, -0.15) is 12.6 Å². The molecule has 0 aromatic heterocycles. The van der Waals surface area contributed by atoms with Crippen molar-refractivity contribution in [2.75, 3.05) is 18.9 Å². The van der Waals surface area contributed by atoms with Gasteiger partial charge in [0, 0.05) is 25.1 Å². The van der Waals surface area contributed by atoms with Crippen LogP contribution in [0.5, 0.6) is 0 Å². The Morgan fingerprint density at radius 2 is 2.21 bits per heavy atom. The lowest BCUT2D eigenvalue weighted by Crippen LogP contribution is -2.31. The second-order valence-electron chi connectivity index (χ2n) is 4.85. The first-order valence-corrected chi connectivity index (χ1v) is 7.06. The van der Waals surface area contributed by atoms with Crippen molar-refractivity contribution in [3.63, 3.8) is 0 Å². The average molecular weight is 283 g/mol. The highest BCUT2D eigenvalue weighted by molar-refractivity contribution is 7.80. The van der Waals surface area contributed by atoms with E-state index in [2.05, 4.69) is 12.6 Å². The van der Waals surface area contributed by atoms with Crippen LogP contribution in [0.15, 0.2) is 24.3 Å². The number of carbonyl (C=O) groups is 1. The Hall–Kier alpha value is -1.07. The molecule has 0 aliphatic carbocycles. The van der Waals surface area contributed by atoms with E-state index in [-0.39, 0.29) is 30.3 Å². The number of rotatable bonds is 5. The van der Waals surface area contributed by atoms with Crippen LogP contribution in [-0.4, -0.2) is 34.8 Å². The fraction of sp³-hybridized carbons (Fsp3) is 0.500. The van der Waals surface area contributed by atoms with Crippen LogP contribution in [0.3, 0.4) is 0 Å². The number of amides is 1. The maximum atomic E-state index is 13.9. The van der Waals surface area contributed by atoms with E-state index in [1.54, 1.807) is 23.1 Å². The molecule has 1 saturated heterocycles. The summed E-state index contributed by atoms with van der Waals surface area (Å²) in [4.78, 5) is 13.7. The number of halogens is 1. The zero-order chi connectivity index (χ0) is 13.8. The van der Waals surface area contributed by atoms with Gasteiger partial charge in [-0.25, -0.2) is 4.39 Å². The van der Waals surface area contributed by atoms with Crippen molar-refractivity contribution in [3.05, 3.63) is 35.6 Å². The topological polar surface area (TPSA) is 40.5 Å². The molecule has 2 rings (SSSR count). The minimum atomic E-state index is -0.386. The molecule has 2 unspecified atom stereocenters. The number of hydrogen-bond acceptors (Lipinski definition) is 3. The molecular weight excluding hydrogens is 265 g/mol. The first kappa shape index (κ1) is 14.3. The predicted molar refractivity (Wildman–Crippen MR) is 74.5 cm³/mol. The lowest BCUT2D eigenvalue weighted by atomic mass is 10.0. The summed E-state index contributed by atoms with van der Waals surface area (Å²) in [5.74, 6) is 0.540. The van der Waals surface area contributed by atoms with Gasteiger partial charge in [0.25, 0.3) is 0 Å². The molecule has 19 heavy (non-hydrogen) atoms. The van der Waals surface area contributed by atoms with E-state index in [0.29, 0.717) is 30.7 Å². The molecule has 104 valence electrons. The third kappa shape index (κ3) is 3.09. The van der Waals surface area contributed by atoms with Crippen LogP contribution < -0.4 is 0 Å². The van der Waals surface area contributed by atoms with Gasteiger partial charge in [-0.05, 0) is 24.2 Å². The van der Waals surface area contributed by atoms with E-state index in [1.165, 1.54) is 6.07 Å². The van der Waals surface area contributed by atoms with Gasteiger partial charge in [0.1, 0.15) is 5.82 Å². The number of likely N-dealkylation sites (tertiary alicyclic amines) is 1. The molecule has 3 nitrogen and oxygen atoms in total. The van der Waals surface area contributed by atoms with E-state index in [4.69, 9.17) is 0 Å². The highest BCUT2D eigenvalue weighted by Gasteiger charge is 2.34. The average Bonchev–Trinajstić information content (AvgIpc) is 2.78. The normalized spacial score (nSPS) is 20.9. The summed E-state index contributed by atoms with van der Waals surface area (Å²) in [6, 6.07) is 6.05. The standard InChI is InChI=1S/C14H18FNO2S/c15-12-4-2-1-3-11(12)13(5-6-17)16-8-10(9-19)7-14(16)18/h1-4,10,13,17,19H,5-9H2. The highest BCUT2D eigenvalue weighted by Crippen LogP contribution is 2.32. The molecule has 0 saturated carbocycles. The summed E-state index contributed by atoms with van der Waals surface area (Å²) in [6.45, 7) is 0.510. The van der Waals surface area contributed by atoms with E-state index in [0.717, 1.165) is 0 Å². The number of carbonyl (C=O) groups excluding carboxylic acids is 1. The summed E-state index contributed by atoms with van der Waals surface area (Å²) in [6.07, 6.45) is 0.811. The number of hydrogen-bond donors (Lipinski definition) is 2. The van der Waals surface area contributed by atoms with Crippen LogP contribution in [0.25, 0.3) is 0 Å². The van der Waals surface area contributed by atoms with E-state index in [1.807, 2.05) is 0 Å². The van der Waals surface area contributed by atoms with Gasteiger partial charge in [0.15, 0.2) is 0 Å². The fourth-order valence-electron chi connectivity index (χ4n) is 2.58. The molecule has 0 spiro atoms. The SMILES string of the molecule is O=C1CC(CS)CN1C(CCO)c1ccccc1F. The maximum absolute atomic E-state index is 13.9. The van der Waals surface area contributed by atoms with Crippen molar-refractivity contribution in [1.82, 2.24) is 4.90 Å². The lowest BCUT2D eigenvalue weighted by Gasteiger charge is -2.28. The summed E-state index contributed by atoms with van der Waals surface area (Å²) < 4.78 is 13.9. The molecule has 0 radical (unpaired) electrons. The van der Waals surface area contributed by atoms with E-state index < -0.39 is 0 Å². The Kier molecular flexibility index (Phi) is 4.82. The second kappa shape index (κ2) is 6.39. The van der Waals surface area contributed by atoms with Crippen LogP contribution >= 0.6 is 12.6 Å². The van der Waals surface area contributed by atoms with Gasteiger partial charge in [-0.1, -0.05) is 18.2 Å². The molecule has 1 N–H and O–H groups in total. The van der Waals surface area contributed by atoms with Crippen molar-refractivity contribution in [3.8, 4) is 0 Å². The minimum absolute atomic E-state index is 0.0146. The predicted octanol–water partition coefficient (Wildman–Crippen LogP) is 2.03. The molecule has 1 fully saturated rings.